The van der Waals surface area contributed by atoms with Gasteiger partial charge in [-0.25, -0.2) is 4.98 Å². The number of carboxylic acid groups (broad SMARTS) is 1. The molecule has 0 unspecified atom stereocenters. The fraction of sp³-hybridized carbons (Fsp3) is 0.600. The molecule has 1 heterocycles. The Balaban J connectivity index is 2.07. The largest absolute Gasteiger partial charge is 0.480 e. The Hall–Kier alpha value is -1.92. The minimum absolute atomic E-state index is 0.0509. The first-order valence-corrected chi connectivity index (χ1v) is 5.55. The topological polar surface area (TPSA) is 99.2 Å². The van der Waals surface area contributed by atoms with Crippen LogP contribution in [0.4, 0.5) is 0 Å². The van der Waals surface area contributed by atoms with Crippen molar-refractivity contribution < 1.29 is 14.7 Å². The predicted molar refractivity (Wildman–Crippen MR) is 57.6 cm³/mol. The highest BCUT2D eigenvalue weighted by atomic mass is 16.4. The van der Waals surface area contributed by atoms with Crippen molar-refractivity contribution in [3.05, 3.63) is 11.6 Å². The van der Waals surface area contributed by atoms with Crippen molar-refractivity contribution in [2.75, 3.05) is 13.1 Å². The Morgan fingerprint density at radius 3 is 2.76 bits per heavy atom. The SMILES string of the molecule is CCN(CC(=O)O)C(=O)c1n[nH]c(C2CC2)n1. The highest BCUT2D eigenvalue weighted by Gasteiger charge is 2.29. The van der Waals surface area contributed by atoms with Gasteiger partial charge in [-0.1, -0.05) is 0 Å². The van der Waals surface area contributed by atoms with Crippen molar-refractivity contribution >= 4 is 11.9 Å². The summed E-state index contributed by atoms with van der Waals surface area (Å²) in [6.07, 6.45) is 2.13. The lowest BCUT2D eigenvalue weighted by Gasteiger charge is -2.15. The number of nitrogens with one attached hydrogen (secondary N) is 1. The van der Waals surface area contributed by atoms with Crippen LogP contribution in [0.5, 0.6) is 0 Å². The van der Waals surface area contributed by atoms with Crippen molar-refractivity contribution in [1.29, 1.82) is 0 Å². The number of aromatic amines is 1. The number of amides is 1. The monoisotopic (exact) mass is 238 g/mol. The van der Waals surface area contributed by atoms with Crippen molar-refractivity contribution in [1.82, 2.24) is 20.1 Å². The van der Waals surface area contributed by atoms with Gasteiger partial charge in [0.2, 0.25) is 5.82 Å². The van der Waals surface area contributed by atoms with Crippen LogP contribution in [-0.4, -0.2) is 50.2 Å². The third-order valence-corrected chi connectivity index (χ3v) is 2.65. The lowest BCUT2D eigenvalue weighted by molar-refractivity contribution is -0.137. The molecular formula is C10H14N4O3. The third kappa shape index (κ3) is 2.61. The zero-order valence-corrected chi connectivity index (χ0v) is 9.51. The lowest BCUT2D eigenvalue weighted by atomic mass is 10.4. The molecule has 0 saturated heterocycles. The summed E-state index contributed by atoms with van der Waals surface area (Å²) in [5.41, 5.74) is 0. The van der Waals surface area contributed by atoms with Gasteiger partial charge in [0, 0.05) is 12.5 Å². The molecule has 17 heavy (non-hydrogen) atoms. The van der Waals surface area contributed by atoms with Crippen molar-refractivity contribution in [3.8, 4) is 0 Å². The smallest absolute Gasteiger partial charge is 0.323 e. The number of aliphatic carboxylic acids is 1. The normalized spacial score (nSPS) is 14.6. The first-order valence-electron chi connectivity index (χ1n) is 5.55. The molecule has 1 aromatic heterocycles. The molecule has 0 spiro atoms. The molecule has 1 aromatic rings. The van der Waals surface area contributed by atoms with E-state index in [9.17, 15) is 9.59 Å². The average molecular weight is 238 g/mol. The molecular weight excluding hydrogens is 224 g/mol. The van der Waals surface area contributed by atoms with Gasteiger partial charge in [0.05, 0.1) is 0 Å². The Morgan fingerprint density at radius 2 is 2.24 bits per heavy atom. The minimum Gasteiger partial charge on any atom is -0.480 e. The molecule has 1 aliphatic rings. The van der Waals surface area contributed by atoms with E-state index in [4.69, 9.17) is 5.11 Å². The van der Waals surface area contributed by atoms with Gasteiger partial charge >= 0.3 is 5.97 Å². The van der Waals surface area contributed by atoms with E-state index in [1.165, 1.54) is 4.90 Å². The summed E-state index contributed by atoms with van der Waals surface area (Å²) in [7, 11) is 0. The fourth-order valence-electron chi connectivity index (χ4n) is 1.54. The number of carboxylic acids is 1. The molecule has 7 nitrogen and oxygen atoms in total. The van der Waals surface area contributed by atoms with E-state index in [1.54, 1.807) is 6.92 Å². The number of carbonyl (C=O) groups excluding carboxylic acids is 1. The first-order chi connectivity index (χ1) is 8.11. The number of rotatable bonds is 5. The molecule has 2 rings (SSSR count). The summed E-state index contributed by atoms with van der Waals surface area (Å²) in [6, 6.07) is 0. The maximum Gasteiger partial charge on any atom is 0.323 e. The molecule has 7 heteroatoms. The maximum atomic E-state index is 11.9. The molecule has 0 aromatic carbocycles. The van der Waals surface area contributed by atoms with Crippen LogP contribution < -0.4 is 0 Å². The maximum absolute atomic E-state index is 11.9. The quantitative estimate of drug-likeness (QED) is 0.764. The minimum atomic E-state index is -1.04. The summed E-state index contributed by atoms with van der Waals surface area (Å²) >= 11 is 0. The summed E-state index contributed by atoms with van der Waals surface area (Å²) in [4.78, 5) is 27.8. The highest BCUT2D eigenvalue weighted by Crippen LogP contribution is 2.37. The second-order valence-electron chi connectivity index (χ2n) is 4.03. The number of aromatic nitrogens is 3. The number of carbonyl (C=O) groups is 2. The van der Waals surface area contributed by atoms with Gasteiger partial charge in [0.1, 0.15) is 12.4 Å². The molecule has 92 valence electrons. The third-order valence-electron chi connectivity index (χ3n) is 2.65. The van der Waals surface area contributed by atoms with E-state index in [1.807, 2.05) is 0 Å². The molecule has 0 atom stereocenters. The molecule has 1 fully saturated rings. The summed E-state index contributed by atoms with van der Waals surface area (Å²) < 4.78 is 0. The Labute approximate surface area is 97.8 Å². The number of H-pyrrole nitrogens is 1. The number of nitrogens with zero attached hydrogens (tertiary/aromatic N) is 3. The van der Waals surface area contributed by atoms with Crippen molar-refractivity contribution in [2.45, 2.75) is 25.7 Å². The van der Waals surface area contributed by atoms with Crippen LogP contribution in [0, 0.1) is 0 Å². The van der Waals surface area contributed by atoms with Gasteiger partial charge in [0.15, 0.2) is 0 Å². The Morgan fingerprint density at radius 1 is 1.53 bits per heavy atom. The van der Waals surface area contributed by atoms with E-state index in [2.05, 4.69) is 15.2 Å². The second-order valence-corrected chi connectivity index (χ2v) is 4.03. The van der Waals surface area contributed by atoms with E-state index in [-0.39, 0.29) is 12.4 Å². The van der Waals surface area contributed by atoms with E-state index in [0.717, 1.165) is 18.7 Å². The summed E-state index contributed by atoms with van der Waals surface area (Å²) in [5, 5.41) is 15.2. The van der Waals surface area contributed by atoms with E-state index in [0.29, 0.717) is 12.5 Å². The zero-order chi connectivity index (χ0) is 12.4. The molecule has 0 radical (unpaired) electrons. The molecule has 0 aliphatic heterocycles. The Bertz CT molecular complexity index is 439. The van der Waals surface area contributed by atoms with Crippen LogP contribution in [0.25, 0.3) is 0 Å². The van der Waals surface area contributed by atoms with Crippen LogP contribution in [0.1, 0.15) is 42.1 Å². The van der Waals surface area contributed by atoms with Crippen LogP contribution >= 0.6 is 0 Å². The van der Waals surface area contributed by atoms with E-state index >= 15 is 0 Å². The number of hydrogen-bond donors (Lipinski definition) is 2. The summed E-state index contributed by atoms with van der Waals surface area (Å²) in [5.74, 6) is -0.329. The summed E-state index contributed by atoms with van der Waals surface area (Å²) in [6.45, 7) is 1.70. The molecule has 2 N–H and O–H groups in total. The number of likely N-dealkylation sites (N-methyl/N-ethyl adjacent to an activating group) is 1. The van der Waals surface area contributed by atoms with Gasteiger partial charge in [-0.05, 0) is 19.8 Å². The van der Waals surface area contributed by atoms with Crippen LogP contribution in [-0.2, 0) is 4.79 Å². The predicted octanol–water partition coefficient (Wildman–Crippen LogP) is 0.229. The molecule has 0 bridgehead atoms. The van der Waals surface area contributed by atoms with Gasteiger partial charge in [-0.15, -0.1) is 5.10 Å². The highest BCUT2D eigenvalue weighted by molar-refractivity contribution is 5.92. The van der Waals surface area contributed by atoms with Gasteiger partial charge < -0.3 is 10.0 Å². The van der Waals surface area contributed by atoms with Crippen LogP contribution in [0.15, 0.2) is 0 Å². The van der Waals surface area contributed by atoms with Gasteiger partial charge in [-0.3, -0.25) is 14.7 Å². The Kier molecular flexibility index (Phi) is 3.08. The van der Waals surface area contributed by atoms with Crippen LogP contribution in [0.3, 0.4) is 0 Å². The van der Waals surface area contributed by atoms with E-state index < -0.39 is 11.9 Å². The standard InChI is InChI=1S/C10H14N4O3/c1-2-14(5-7(15)16)10(17)9-11-8(12-13-9)6-3-4-6/h6H,2-5H2,1H3,(H,15,16)(H,11,12,13). The zero-order valence-electron chi connectivity index (χ0n) is 9.51. The average Bonchev–Trinajstić information content (AvgIpc) is 3.03. The molecule has 1 saturated carbocycles. The van der Waals surface area contributed by atoms with Crippen molar-refractivity contribution in [3.63, 3.8) is 0 Å². The van der Waals surface area contributed by atoms with Gasteiger partial charge in [0.25, 0.3) is 5.91 Å². The lowest BCUT2D eigenvalue weighted by Crippen LogP contribution is -2.36. The first kappa shape index (κ1) is 11.6. The van der Waals surface area contributed by atoms with Crippen LogP contribution in [0.2, 0.25) is 0 Å². The number of hydrogen-bond acceptors (Lipinski definition) is 4. The van der Waals surface area contributed by atoms with Gasteiger partial charge in [-0.2, -0.15) is 0 Å². The molecule has 1 aliphatic carbocycles. The fourth-order valence-corrected chi connectivity index (χ4v) is 1.54. The second kappa shape index (κ2) is 4.52. The van der Waals surface area contributed by atoms with Crippen molar-refractivity contribution in [2.24, 2.45) is 0 Å². The molecule has 1 amide bonds.